The number of halogens is 4. The Labute approximate surface area is 93.7 Å². The highest BCUT2D eigenvalue weighted by molar-refractivity contribution is 9.11. The summed E-state index contributed by atoms with van der Waals surface area (Å²) in [5, 5.41) is 0. The molecule has 8 heteroatoms. The Balaban J connectivity index is 5.27. The van der Waals surface area contributed by atoms with Gasteiger partial charge in [0.15, 0.2) is 0 Å². The van der Waals surface area contributed by atoms with Gasteiger partial charge in [-0.05, 0) is 0 Å². The van der Waals surface area contributed by atoms with Crippen molar-refractivity contribution in [3.8, 4) is 0 Å². The molecule has 0 aromatic rings. The minimum Gasteiger partial charge on any atom is -0.257 e. The van der Waals surface area contributed by atoms with Crippen LogP contribution in [0.25, 0.3) is 0 Å². The van der Waals surface area contributed by atoms with Crippen LogP contribution in [0.5, 0.6) is 0 Å². The summed E-state index contributed by atoms with van der Waals surface area (Å²) in [7, 11) is -5.41. The van der Waals surface area contributed by atoms with Crippen LogP contribution in [0.4, 0.5) is 13.2 Å². The molecule has 0 fully saturated rings. The summed E-state index contributed by atoms with van der Waals surface area (Å²) in [6.45, 7) is 5.71. The summed E-state index contributed by atoms with van der Waals surface area (Å²) in [5.74, 6) is 0. The normalized spacial score (nSPS) is 11.7. The van der Waals surface area contributed by atoms with E-state index in [4.69, 9.17) is 0 Å². The van der Waals surface area contributed by atoms with Gasteiger partial charge in [0.1, 0.15) is 0 Å². The van der Waals surface area contributed by atoms with Crippen LogP contribution in [-0.2, 0) is 10.0 Å². The molecule has 0 aromatic carbocycles. The van der Waals surface area contributed by atoms with Gasteiger partial charge in [-0.2, -0.15) is 21.6 Å². The lowest BCUT2D eigenvalue weighted by molar-refractivity contribution is -0.0475. The SMILES string of the molecule is C=C=CN(CC(=C)Br)S(=O)(=O)C(F)(F)F. The first-order valence-corrected chi connectivity index (χ1v) is 5.63. The van der Waals surface area contributed by atoms with E-state index >= 15 is 0 Å². The lowest BCUT2D eigenvalue weighted by Gasteiger charge is -2.20. The topological polar surface area (TPSA) is 37.4 Å². The van der Waals surface area contributed by atoms with Gasteiger partial charge in [-0.25, -0.2) is 0 Å². The highest BCUT2D eigenvalue weighted by Gasteiger charge is 2.49. The molecule has 0 heterocycles. The van der Waals surface area contributed by atoms with E-state index in [2.05, 4.69) is 29.1 Å². The molecular weight excluding hydrogens is 299 g/mol. The second-order valence-corrected chi connectivity index (χ2v) is 5.35. The first kappa shape index (κ1) is 14.3. The third-order valence-electron chi connectivity index (χ3n) is 1.16. The Morgan fingerprint density at radius 2 is 2.00 bits per heavy atom. The zero-order valence-corrected chi connectivity index (χ0v) is 9.78. The molecule has 0 N–H and O–H groups in total. The van der Waals surface area contributed by atoms with E-state index in [9.17, 15) is 21.6 Å². The Morgan fingerprint density at radius 1 is 1.53 bits per heavy atom. The predicted octanol–water partition coefficient (Wildman–Crippen LogP) is 2.35. The van der Waals surface area contributed by atoms with Gasteiger partial charge in [-0.3, -0.25) is 4.31 Å². The Kier molecular flexibility index (Phi) is 4.64. The second kappa shape index (κ2) is 4.87. The molecule has 0 atom stereocenters. The van der Waals surface area contributed by atoms with Crippen molar-refractivity contribution < 1.29 is 21.6 Å². The molecule has 0 aliphatic rings. The molecular formula is C7H7BrF3NO2S. The van der Waals surface area contributed by atoms with Crippen LogP contribution in [0.3, 0.4) is 0 Å². The molecule has 0 aromatic heterocycles. The van der Waals surface area contributed by atoms with Gasteiger partial charge in [0, 0.05) is 4.48 Å². The van der Waals surface area contributed by atoms with Crippen LogP contribution in [0, 0.1) is 0 Å². The fourth-order valence-electron chi connectivity index (χ4n) is 0.604. The van der Waals surface area contributed by atoms with Gasteiger partial charge in [0.2, 0.25) is 0 Å². The number of nitrogens with zero attached hydrogens (tertiary/aromatic N) is 1. The molecule has 0 bridgehead atoms. The number of hydrogen-bond donors (Lipinski definition) is 0. The van der Waals surface area contributed by atoms with Crippen molar-refractivity contribution in [1.29, 1.82) is 0 Å². The smallest absolute Gasteiger partial charge is 0.257 e. The predicted molar refractivity (Wildman–Crippen MR) is 53.5 cm³/mol. The number of alkyl halides is 3. The van der Waals surface area contributed by atoms with E-state index < -0.39 is 22.1 Å². The van der Waals surface area contributed by atoms with Gasteiger partial charge in [-0.15, -0.1) is 5.73 Å². The first-order chi connectivity index (χ1) is 6.63. The molecule has 0 unspecified atom stereocenters. The van der Waals surface area contributed by atoms with Crippen molar-refractivity contribution in [2.24, 2.45) is 0 Å². The summed E-state index contributed by atoms with van der Waals surface area (Å²) in [6, 6.07) is 0. The third-order valence-corrected chi connectivity index (χ3v) is 2.85. The van der Waals surface area contributed by atoms with Crippen LogP contribution in [0.15, 0.2) is 29.6 Å². The van der Waals surface area contributed by atoms with E-state index in [1.807, 2.05) is 5.73 Å². The second-order valence-electron chi connectivity index (χ2n) is 2.35. The molecule has 3 nitrogen and oxygen atoms in total. The number of rotatable bonds is 4. The van der Waals surface area contributed by atoms with Crippen molar-refractivity contribution in [1.82, 2.24) is 4.31 Å². The standard InChI is InChI=1S/C7H7BrF3NO2S/c1-3-4-12(5-6(2)8)15(13,14)7(9,10)11/h4H,1-2,5H2. The summed E-state index contributed by atoms with van der Waals surface area (Å²) >= 11 is 2.77. The molecule has 86 valence electrons. The van der Waals surface area contributed by atoms with E-state index in [0.717, 1.165) is 0 Å². The van der Waals surface area contributed by atoms with Crippen LogP contribution in [-0.4, -0.2) is 24.8 Å². The maximum Gasteiger partial charge on any atom is 0.516 e. The molecule has 0 rings (SSSR count). The van der Waals surface area contributed by atoms with Gasteiger partial charge in [0.25, 0.3) is 0 Å². The van der Waals surface area contributed by atoms with E-state index in [1.54, 1.807) is 0 Å². The number of hydrogen-bond acceptors (Lipinski definition) is 2. The van der Waals surface area contributed by atoms with Crippen LogP contribution in [0.1, 0.15) is 0 Å². The first-order valence-electron chi connectivity index (χ1n) is 3.40. The monoisotopic (exact) mass is 305 g/mol. The summed E-state index contributed by atoms with van der Waals surface area (Å²) in [5.41, 5.74) is -3.40. The van der Waals surface area contributed by atoms with Crippen molar-refractivity contribution >= 4 is 26.0 Å². The molecule has 0 aliphatic carbocycles. The summed E-state index contributed by atoms with van der Waals surface area (Å²) < 4.78 is 58.3. The fourth-order valence-corrected chi connectivity index (χ4v) is 1.85. The minimum atomic E-state index is -5.41. The van der Waals surface area contributed by atoms with E-state index in [1.165, 1.54) is 0 Å². The zero-order chi connectivity index (χ0) is 12.3. The highest BCUT2D eigenvalue weighted by atomic mass is 79.9. The highest BCUT2D eigenvalue weighted by Crippen LogP contribution is 2.27. The Morgan fingerprint density at radius 3 is 2.27 bits per heavy atom. The van der Waals surface area contributed by atoms with Gasteiger partial charge in [0.05, 0.1) is 12.7 Å². The van der Waals surface area contributed by atoms with Crippen LogP contribution < -0.4 is 0 Å². The zero-order valence-electron chi connectivity index (χ0n) is 7.38. The minimum absolute atomic E-state index is 0.0527. The lowest BCUT2D eigenvalue weighted by Crippen LogP contribution is -2.37. The summed E-state index contributed by atoms with van der Waals surface area (Å²) in [6.07, 6.45) is 0.593. The molecule has 0 saturated carbocycles. The van der Waals surface area contributed by atoms with E-state index in [-0.39, 0.29) is 8.79 Å². The largest absolute Gasteiger partial charge is 0.516 e. The quantitative estimate of drug-likeness (QED) is 0.748. The van der Waals surface area contributed by atoms with Crippen molar-refractivity contribution in [2.45, 2.75) is 5.51 Å². The lowest BCUT2D eigenvalue weighted by atomic mass is 10.6. The van der Waals surface area contributed by atoms with E-state index in [0.29, 0.717) is 6.20 Å². The maximum absolute atomic E-state index is 12.1. The summed E-state index contributed by atoms with van der Waals surface area (Å²) in [4.78, 5) is 0. The van der Waals surface area contributed by atoms with Crippen molar-refractivity contribution in [3.05, 3.63) is 29.6 Å². The molecule has 0 saturated heterocycles. The fraction of sp³-hybridized carbons (Fsp3) is 0.286. The van der Waals surface area contributed by atoms with Crippen molar-refractivity contribution in [3.63, 3.8) is 0 Å². The molecule has 0 spiro atoms. The van der Waals surface area contributed by atoms with Crippen LogP contribution >= 0.6 is 15.9 Å². The molecule has 0 amide bonds. The maximum atomic E-state index is 12.1. The van der Waals surface area contributed by atoms with Crippen molar-refractivity contribution in [2.75, 3.05) is 6.54 Å². The van der Waals surface area contributed by atoms with Gasteiger partial charge >= 0.3 is 15.5 Å². The van der Waals surface area contributed by atoms with Gasteiger partial charge < -0.3 is 0 Å². The van der Waals surface area contributed by atoms with Gasteiger partial charge in [-0.1, -0.05) is 29.1 Å². The molecule has 0 aliphatic heterocycles. The number of sulfonamides is 1. The Bertz CT molecular complexity index is 395. The molecule has 15 heavy (non-hydrogen) atoms. The third kappa shape index (κ3) is 3.73. The Hall–Kier alpha value is -0.720. The average Bonchev–Trinajstić information content (AvgIpc) is 2.00. The average molecular weight is 306 g/mol. The van der Waals surface area contributed by atoms with Crippen LogP contribution in [0.2, 0.25) is 0 Å². The molecule has 0 radical (unpaired) electrons.